The highest BCUT2D eigenvalue weighted by Gasteiger charge is 2.13. The quantitative estimate of drug-likeness (QED) is 0.592. The van der Waals surface area contributed by atoms with Gasteiger partial charge in [-0.1, -0.05) is 30.0 Å². The van der Waals surface area contributed by atoms with Crippen LogP contribution in [0.5, 0.6) is 0 Å². The Kier molecular flexibility index (Phi) is 3.66. The van der Waals surface area contributed by atoms with Gasteiger partial charge in [0.1, 0.15) is 17.1 Å². The summed E-state index contributed by atoms with van der Waals surface area (Å²) in [6, 6.07) is 12.5. The number of halogens is 1. The normalized spacial score (nSPS) is 12.7. The van der Waals surface area contributed by atoms with Gasteiger partial charge in [-0.2, -0.15) is 0 Å². The number of rotatable bonds is 4. The molecule has 0 aliphatic heterocycles. The van der Waals surface area contributed by atoms with E-state index in [-0.39, 0.29) is 5.82 Å². The molecule has 2 heterocycles. The second-order valence-corrected chi connectivity index (χ2v) is 5.53. The molecule has 0 aliphatic rings. The number of pyridine rings is 1. The molecule has 0 radical (unpaired) electrons. The summed E-state index contributed by atoms with van der Waals surface area (Å²) in [7, 11) is 0. The lowest BCUT2D eigenvalue weighted by Gasteiger charge is -2.09. The Labute approximate surface area is 119 Å². The van der Waals surface area contributed by atoms with Gasteiger partial charge >= 0.3 is 0 Å². The molecule has 1 aromatic carbocycles. The van der Waals surface area contributed by atoms with Crippen molar-refractivity contribution in [1.82, 2.24) is 14.6 Å². The first-order valence-electron chi connectivity index (χ1n) is 6.11. The highest BCUT2D eigenvalue weighted by Crippen LogP contribution is 2.23. The molecule has 0 saturated heterocycles. The van der Waals surface area contributed by atoms with Gasteiger partial charge < -0.3 is 5.11 Å². The zero-order valence-corrected chi connectivity index (χ0v) is 11.3. The van der Waals surface area contributed by atoms with Crippen molar-refractivity contribution in [3.63, 3.8) is 0 Å². The fraction of sp³-hybridized carbons (Fsp3) is 0.143. The standard InChI is InChI=1S/C14H12FN3OS/c15-10-6-7-12-16-17-13(18(12)9-10)8-14(19)20-11-4-2-1-3-5-11/h1-7,9,14,19H,8H2. The number of nitrogens with zero attached hydrogens (tertiary/aromatic N) is 3. The molecule has 0 spiro atoms. The third-order valence-corrected chi connectivity index (χ3v) is 3.79. The Morgan fingerprint density at radius 2 is 1.95 bits per heavy atom. The van der Waals surface area contributed by atoms with Gasteiger partial charge in [0.25, 0.3) is 0 Å². The van der Waals surface area contributed by atoms with E-state index in [1.54, 1.807) is 10.5 Å². The Morgan fingerprint density at radius 3 is 2.75 bits per heavy atom. The van der Waals surface area contributed by atoms with Crippen molar-refractivity contribution in [3.05, 3.63) is 60.3 Å². The van der Waals surface area contributed by atoms with Crippen molar-refractivity contribution in [3.8, 4) is 0 Å². The van der Waals surface area contributed by atoms with E-state index >= 15 is 0 Å². The van der Waals surface area contributed by atoms with Crippen molar-refractivity contribution >= 4 is 17.4 Å². The Balaban J connectivity index is 1.77. The fourth-order valence-electron chi connectivity index (χ4n) is 1.91. The maximum atomic E-state index is 13.2. The van der Waals surface area contributed by atoms with Crippen LogP contribution in [0.1, 0.15) is 5.82 Å². The minimum atomic E-state index is -0.659. The molecule has 3 aromatic rings. The lowest BCUT2D eigenvalue weighted by Crippen LogP contribution is -2.08. The van der Waals surface area contributed by atoms with E-state index in [0.29, 0.717) is 17.9 Å². The molecule has 3 rings (SSSR count). The van der Waals surface area contributed by atoms with Crippen molar-refractivity contribution in [1.29, 1.82) is 0 Å². The zero-order chi connectivity index (χ0) is 13.9. The molecule has 0 amide bonds. The first-order chi connectivity index (χ1) is 9.72. The van der Waals surface area contributed by atoms with Crippen molar-refractivity contribution in [2.45, 2.75) is 16.8 Å². The van der Waals surface area contributed by atoms with Crippen LogP contribution in [0.4, 0.5) is 4.39 Å². The Bertz CT molecular complexity index is 717. The summed E-state index contributed by atoms with van der Waals surface area (Å²) >= 11 is 1.34. The monoisotopic (exact) mass is 289 g/mol. The molecule has 0 fully saturated rings. The van der Waals surface area contributed by atoms with Gasteiger partial charge in [0.15, 0.2) is 5.65 Å². The summed E-state index contributed by atoms with van der Waals surface area (Å²) in [6.07, 6.45) is 1.62. The number of benzene rings is 1. The number of hydrogen-bond acceptors (Lipinski definition) is 4. The van der Waals surface area contributed by atoms with Gasteiger partial charge in [0.05, 0.1) is 0 Å². The van der Waals surface area contributed by atoms with Gasteiger partial charge in [-0.15, -0.1) is 10.2 Å². The van der Waals surface area contributed by atoms with E-state index in [0.717, 1.165) is 4.90 Å². The van der Waals surface area contributed by atoms with Crippen molar-refractivity contribution in [2.75, 3.05) is 0 Å². The van der Waals surface area contributed by atoms with Crippen molar-refractivity contribution < 1.29 is 9.50 Å². The summed E-state index contributed by atoms with van der Waals surface area (Å²) in [6.45, 7) is 0. The van der Waals surface area contributed by atoms with Crippen LogP contribution in [0.2, 0.25) is 0 Å². The van der Waals surface area contributed by atoms with Gasteiger partial charge in [0, 0.05) is 17.5 Å². The molecule has 4 nitrogen and oxygen atoms in total. The van der Waals surface area contributed by atoms with Crippen molar-refractivity contribution in [2.24, 2.45) is 0 Å². The number of fused-ring (bicyclic) bond motifs is 1. The van der Waals surface area contributed by atoms with E-state index in [1.165, 1.54) is 24.0 Å². The highest BCUT2D eigenvalue weighted by atomic mass is 32.2. The summed E-state index contributed by atoms with van der Waals surface area (Å²) in [5.74, 6) is 0.180. The minimum Gasteiger partial charge on any atom is -0.382 e. The molecular weight excluding hydrogens is 277 g/mol. The van der Waals surface area contributed by atoms with Crippen LogP contribution in [0, 0.1) is 5.82 Å². The number of hydrogen-bond donors (Lipinski definition) is 1. The van der Waals surface area contributed by atoms with Crippen LogP contribution in [0.25, 0.3) is 5.65 Å². The summed E-state index contributed by atoms with van der Waals surface area (Å²) in [5, 5.41) is 18.0. The molecule has 6 heteroatoms. The second kappa shape index (κ2) is 5.60. The average Bonchev–Trinajstić information content (AvgIpc) is 2.82. The van der Waals surface area contributed by atoms with E-state index in [2.05, 4.69) is 10.2 Å². The topological polar surface area (TPSA) is 50.4 Å². The Hall–Kier alpha value is -1.92. The molecule has 1 unspecified atom stereocenters. The SMILES string of the molecule is OC(Cc1nnc2ccc(F)cn12)Sc1ccccc1. The van der Waals surface area contributed by atoms with E-state index in [9.17, 15) is 9.50 Å². The third kappa shape index (κ3) is 2.81. The van der Waals surface area contributed by atoms with Gasteiger partial charge in [-0.25, -0.2) is 4.39 Å². The molecule has 0 saturated carbocycles. The van der Waals surface area contributed by atoms with Crippen LogP contribution < -0.4 is 0 Å². The largest absolute Gasteiger partial charge is 0.382 e. The van der Waals surface area contributed by atoms with E-state index < -0.39 is 5.44 Å². The molecule has 0 bridgehead atoms. The second-order valence-electron chi connectivity index (χ2n) is 4.28. The summed E-state index contributed by atoms with van der Waals surface area (Å²) in [4.78, 5) is 0.972. The van der Waals surface area contributed by atoms with Crippen LogP contribution in [-0.2, 0) is 6.42 Å². The smallest absolute Gasteiger partial charge is 0.160 e. The highest BCUT2D eigenvalue weighted by molar-refractivity contribution is 7.99. The van der Waals surface area contributed by atoms with Gasteiger partial charge in [-0.05, 0) is 24.3 Å². The number of aliphatic hydroxyl groups excluding tert-OH is 1. The molecule has 0 aliphatic carbocycles. The fourth-order valence-corrected chi connectivity index (χ4v) is 2.77. The van der Waals surface area contributed by atoms with Crippen LogP contribution in [0.3, 0.4) is 0 Å². The van der Waals surface area contributed by atoms with Gasteiger partial charge in [0.2, 0.25) is 0 Å². The molecule has 1 N–H and O–H groups in total. The molecule has 2 aromatic heterocycles. The first kappa shape index (κ1) is 13.1. The number of thioether (sulfide) groups is 1. The lowest BCUT2D eigenvalue weighted by molar-refractivity contribution is 0.260. The minimum absolute atomic E-state index is 0.296. The number of aromatic nitrogens is 3. The molecule has 20 heavy (non-hydrogen) atoms. The lowest BCUT2D eigenvalue weighted by atomic mass is 10.4. The Morgan fingerprint density at radius 1 is 1.15 bits per heavy atom. The van der Waals surface area contributed by atoms with E-state index in [1.807, 2.05) is 30.3 Å². The average molecular weight is 289 g/mol. The maximum absolute atomic E-state index is 13.2. The van der Waals surface area contributed by atoms with Crippen LogP contribution >= 0.6 is 11.8 Å². The summed E-state index contributed by atoms with van der Waals surface area (Å²) in [5.41, 5.74) is -0.0913. The van der Waals surface area contributed by atoms with E-state index in [4.69, 9.17) is 0 Å². The van der Waals surface area contributed by atoms with Crippen LogP contribution in [-0.4, -0.2) is 25.1 Å². The molecule has 1 atom stereocenters. The molecule has 102 valence electrons. The summed E-state index contributed by atoms with van der Waals surface area (Å²) < 4.78 is 14.8. The van der Waals surface area contributed by atoms with Crippen LogP contribution in [0.15, 0.2) is 53.6 Å². The molecular formula is C14H12FN3OS. The first-order valence-corrected chi connectivity index (χ1v) is 6.99. The number of aliphatic hydroxyl groups is 1. The predicted molar refractivity (Wildman–Crippen MR) is 75.0 cm³/mol. The predicted octanol–water partition coefficient (Wildman–Crippen LogP) is 2.52. The third-order valence-electron chi connectivity index (χ3n) is 2.81. The van der Waals surface area contributed by atoms with Gasteiger partial charge in [-0.3, -0.25) is 4.40 Å². The maximum Gasteiger partial charge on any atom is 0.160 e. The zero-order valence-electron chi connectivity index (χ0n) is 10.5.